The molecular formula is C12H21N. The molecule has 1 heteroatoms. The van der Waals surface area contributed by atoms with Crippen LogP contribution in [0.2, 0.25) is 0 Å². The van der Waals surface area contributed by atoms with Gasteiger partial charge in [0.05, 0.1) is 0 Å². The summed E-state index contributed by atoms with van der Waals surface area (Å²) >= 11 is 0. The minimum absolute atomic E-state index is 0.552. The minimum atomic E-state index is 0.552. The average Bonchev–Trinajstić information content (AvgIpc) is 2.72. The lowest BCUT2D eigenvalue weighted by atomic mass is 9.64. The van der Waals surface area contributed by atoms with Crippen molar-refractivity contribution < 1.29 is 0 Å². The predicted octanol–water partition coefficient (Wildman–Crippen LogP) is 2.56. The van der Waals surface area contributed by atoms with E-state index in [1.54, 1.807) is 0 Å². The molecule has 1 N–H and O–H groups in total. The van der Waals surface area contributed by atoms with Crippen molar-refractivity contribution in [3.05, 3.63) is 0 Å². The van der Waals surface area contributed by atoms with Gasteiger partial charge in [0.1, 0.15) is 0 Å². The van der Waals surface area contributed by atoms with E-state index in [0.717, 1.165) is 11.8 Å². The molecule has 3 saturated carbocycles. The van der Waals surface area contributed by atoms with Crippen LogP contribution in [0, 0.1) is 17.3 Å². The number of rotatable bonds is 1. The minimum Gasteiger partial charge on any atom is -0.313 e. The van der Waals surface area contributed by atoms with Crippen LogP contribution in [0.5, 0.6) is 0 Å². The topological polar surface area (TPSA) is 12.0 Å². The fourth-order valence-corrected chi connectivity index (χ4v) is 5.10. The van der Waals surface area contributed by atoms with Gasteiger partial charge in [-0.1, -0.05) is 13.3 Å². The van der Waals surface area contributed by atoms with Crippen molar-refractivity contribution in [3.8, 4) is 0 Å². The van der Waals surface area contributed by atoms with Crippen LogP contribution in [0.1, 0.15) is 45.4 Å². The Morgan fingerprint density at radius 2 is 1.92 bits per heavy atom. The summed E-state index contributed by atoms with van der Waals surface area (Å²) < 4.78 is 0. The summed E-state index contributed by atoms with van der Waals surface area (Å²) in [6.45, 7) is 2.56. The zero-order valence-corrected chi connectivity index (χ0v) is 8.90. The summed E-state index contributed by atoms with van der Waals surface area (Å²) in [5.74, 6) is 2.06. The van der Waals surface area contributed by atoms with Crippen LogP contribution in [-0.4, -0.2) is 12.6 Å². The average molecular weight is 179 g/mol. The van der Waals surface area contributed by atoms with Gasteiger partial charge in [-0.05, 0) is 56.4 Å². The summed E-state index contributed by atoms with van der Waals surface area (Å²) in [7, 11) is 2.20. The molecule has 0 aromatic carbocycles. The lowest BCUT2D eigenvalue weighted by molar-refractivity contribution is 0.0731. The second kappa shape index (κ2) is 2.31. The van der Waals surface area contributed by atoms with Gasteiger partial charge >= 0.3 is 0 Å². The Hall–Kier alpha value is -0.0400. The molecule has 3 rings (SSSR count). The maximum Gasteiger partial charge on any atom is 0.0263 e. The molecule has 13 heavy (non-hydrogen) atoms. The Kier molecular flexibility index (Phi) is 1.47. The van der Waals surface area contributed by atoms with Crippen molar-refractivity contribution in [1.82, 2.24) is 5.32 Å². The van der Waals surface area contributed by atoms with E-state index in [0.29, 0.717) is 11.0 Å². The molecule has 0 aliphatic heterocycles. The van der Waals surface area contributed by atoms with E-state index in [1.807, 2.05) is 0 Å². The molecule has 2 bridgehead atoms. The van der Waals surface area contributed by atoms with Gasteiger partial charge in [0.15, 0.2) is 0 Å². The fourth-order valence-electron chi connectivity index (χ4n) is 5.10. The first-order chi connectivity index (χ1) is 6.23. The molecule has 3 fully saturated rings. The van der Waals surface area contributed by atoms with Gasteiger partial charge in [-0.2, -0.15) is 0 Å². The predicted molar refractivity (Wildman–Crippen MR) is 54.6 cm³/mol. The smallest absolute Gasteiger partial charge is 0.0263 e. The third-order valence-corrected chi connectivity index (χ3v) is 5.76. The Balaban J connectivity index is 2.07. The van der Waals surface area contributed by atoms with Crippen molar-refractivity contribution in [2.24, 2.45) is 17.3 Å². The van der Waals surface area contributed by atoms with Gasteiger partial charge in [-0.25, -0.2) is 0 Å². The Morgan fingerprint density at radius 3 is 2.62 bits per heavy atom. The van der Waals surface area contributed by atoms with Crippen LogP contribution in [0.25, 0.3) is 0 Å². The van der Waals surface area contributed by atoms with E-state index in [1.165, 1.54) is 38.5 Å². The van der Waals surface area contributed by atoms with E-state index >= 15 is 0 Å². The molecule has 1 nitrogen and oxygen atoms in total. The van der Waals surface area contributed by atoms with Crippen molar-refractivity contribution in [2.45, 2.75) is 51.0 Å². The molecular weight excluding hydrogens is 158 g/mol. The van der Waals surface area contributed by atoms with Crippen molar-refractivity contribution in [2.75, 3.05) is 7.05 Å². The van der Waals surface area contributed by atoms with Crippen molar-refractivity contribution >= 4 is 0 Å². The lowest BCUT2D eigenvalue weighted by Crippen LogP contribution is -2.56. The van der Waals surface area contributed by atoms with Gasteiger partial charge < -0.3 is 5.32 Å². The highest BCUT2D eigenvalue weighted by Gasteiger charge is 2.65. The molecule has 4 atom stereocenters. The third-order valence-electron chi connectivity index (χ3n) is 5.76. The first-order valence-electron chi connectivity index (χ1n) is 5.92. The lowest BCUT2D eigenvalue weighted by Gasteiger charge is -2.47. The Morgan fingerprint density at radius 1 is 1.15 bits per heavy atom. The molecule has 0 spiro atoms. The van der Waals surface area contributed by atoms with Crippen LogP contribution < -0.4 is 5.32 Å². The molecule has 0 saturated heterocycles. The number of hydrogen-bond acceptors (Lipinski definition) is 1. The quantitative estimate of drug-likeness (QED) is 0.652. The molecule has 0 aromatic heterocycles. The number of nitrogens with one attached hydrogen (secondary N) is 1. The molecule has 74 valence electrons. The van der Waals surface area contributed by atoms with Crippen molar-refractivity contribution in [3.63, 3.8) is 0 Å². The molecule has 3 aliphatic carbocycles. The number of hydrogen-bond donors (Lipinski definition) is 1. The van der Waals surface area contributed by atoms with Gasteiger partial charge in [0, 0.05) is 5.54 Å². The fraction of sp³-hybridized carbons (Fsp3) is 1.00. The van der Waals surface area contributed by atoms with E-state index < -0.39 is 0 Å². The highest BCUT2D eigenvalue weighted by Crippen LogP contribution is 2.67. The van der Waals surface area contributed by atoms with Gasteiger partial charge in [0.25, 0.3) is 0 Å². The van der Waals surface area contributed by atoms with Crippen LogP contribution >= 0.6 is 0 Å². The second-order valence-corrected chi connectivity index (χ2v) is 5.70. The summed E-state index contributed by atoms with van der Waals surface area (Å²) in [6.07, 6.45) is 8.93. The van der Waals surface area contributed by atoms with Crippen LogP contribution in [-0.2, 0) is 0 Å². The molecule has 0 amide bonds. The van der Waals surface area contributed by atoms with Gasteiger partial charge in [-0.15, -0.1) is 0 Å². The normalized spacial score (nSPS) is 58.6. The summed E-state index contributed by atoms with van der Waals surface area (Å²) in [4.78, 5) is 0. The van der Waals surface area contributed by atoms with E-state index in [-0.39, 0.29) is 0 Å². The second-order valence-electron chi connectivity index (χ2n) is 5.70. The molecule has 0 heterocycles. The highest BCUT2D eigenvalue weighted by molar-refractivity contribution is 5.20. The standard InChI is InChI=1S/C12H21N/c1-11-6-3-7-12(11,13-2)10-5-4-9(11)8-10/h9-10,13H,3-8H2,1-2H3/t9-,10-,11+,12+/m0/s1. The molecule has 0 unspecified atom stereocenters. The maximum atomic E-state index is 3.71. The largest absolute Gasteiger partial charge is 0.313 e. The summed E-state index contributed by atoms with van der Waals surface area (Å²) in [6, 6.07) is 0. The zero-order valence-electron chi connectivity index (χ0n) is 8.90. The van der Waals surface area contributed by atoms with Gasteiger partial charge in [-0.3, -0.25) is 0 Å². The first kappa shape index (κ1) is 8.28. The monoisotopic (exact) mass is 179 g/mol. The van der Waals surface area contributed by atoms with Crippen LogP contribution in [0.4, 0.5) is 0 Å². The summed E-state index contributed by atoms with van der Waals surface area (Å²) in [5, 5.41) is 3.71. The molecule has 0 radical (unpaired) electrons. The zero-order chi connectivity index (χ0) is 9.10. The van der Waals surface area contributed by atoms with E-state index in [9.17, 15) is 0 Å². The SMILES string of the molecule is CN[C@@]12CCC[C@]1(C)[C@H]1CC[C@H]2C1. The van der Waals surface area contributed by atoms with E-state index in [4.69, 9.17) is 0 Å². The highest BCUT2D eigenvalue weighted by atomic mass is 15.0. The number of fused-ring (bicyclic) bond motifs is 5. The van der Waals surface area contributed by atoms with Gasteiger partial charge in [0.2, 0.25) is 0 Å². The molecule has 0 aromatic rings. The first-order valence-corrected chi connectivity index (χ1v) is 5.92. The van der Waals surface area contributed by atoms with E-state index in [2.05, 4.69) is 19.3 Å². The summed E-state index contributed by atoms with van der Waals surface area (Å²) in [5.41, 5.74) is 1.21. The Bertz CT molecular complexity index is 237. The third kappa shape index (κ3) is 0.707. The maximum absolute atomic E-state index is 3.71. The molecule has 3 aliphatic rings. The Labute approximate surface area is 81.3 Å². The van der Waals surface area contributed by atoms with Crippen LogP contribution in [0.3, 0.4) is 0 Å². The van der Waals surface area contributed by atoms with Crippen molar-refractivity contribution in [1.29, 1.82) is 0 Å². The van der Waals surface area contributed by atoms with Crippen LogP contribution in [0.15, 0.2) is 0 Å².